The van der Waals surface area contributed by atoms with Gasteiger partial charge >= 0.3 is 0 Å². The van der Waals surface area contributed by atoms with Crippen molar-refractivity contribution in [2.75, 3.05) is 5.73 Å². The van der Waals surface area contributed by atoms with Gasteiger partial charge in [0, 0.05) is 17.0 Å². The first-order valence-electron chi connectivity index (χ1n) is 8.58. The zero-order chi connectivity index (χ0) is 18.1. The van der Waals surface area contributed by atoms with Crippen molar-refractivity contribution in [2.45, 2.75) is 19.8 Å². The number of rotatable bonds is 3. The Hall–Kier alpha value is -3.45. The standard InChI is InChI=1S/C22H18N4/c1-14-2-9-18-19(12-14)26-22(24)21-20(18)17(10-11-25-21)8-7-15-3-5-16(13-23)6-4-15/h2-6,9-12H,7-8H2,1H3,(H2,24,26). The quantitative estimate of drug-likeness (QED) is 0.564. The van der Waals surface area contributed by atoms with E-state index in [-0.39, 0.29) is 0 Å². The average Bonchev–Trinajstić information content (AvgIpc) is 2.66. The molecule has 0 radical (unpaired) electrons. The largest absolute Gasteiger partial charge is 0.382 e. The van der Waals surface area contributed by atoms with E-state index in [0.717, 1.165) is 40.2 Å². The summed E-state index contributed by atoms with van der Waals surface area (Å²) in [5.74, 6) is 0.471. The van der Waals surface area contributed by atoms with Crippen molar-refractivity contribution < 1.29 is 0 Å². The molecule has 0 amide bonds. The van der Waals surface area contributed by atoms with Crippen molar-refractivity contribution in [1.29, 1.82) is 5.26 Å². The van der Waals surface area contributed by atoms with Crippen LogP contribution in [0, 0.1) is 18.3 Å². The molecular weight excluding hydrogens is 320 g/mol. The molecule has 4 rings (SSSR count). The van der Waals surface area contributed by atoms with Crippen LogP contribution >= 0.6 is 0 Å². The number of hydrogen-bond acceptors (Lipinski definition) is 4. The summed E-state index contributed by atoms with van der Waals surface area (Å²) in [6, 6.07) is 18.2. The summed E-state index contributed by atoms with van der Waals surface area (Å²) in [5.41, 5.74) is 12.1. The van der Waals surface area contributed by atoms with E-state index < -0.39 is 0 Å². The highest BCUT2D eigenvalue weighted by molar-refractivity contribution is 6.09. The van der Waals surface area contributed by atoms with Crippen LogP contribution in [0.3, 0.4) is 0 Å². The minimum atomic E-state index is 0.471. The monoisotopic (exact) mass is 338 g/mol. The predicted molar refractivity (Wildman–Crippen MR) is 105 cm³/mol. The van der Waals surface area contributed by atoms with E-state index >= 15 is 0 Å². The molecular formula is C22H18N4. The van der Waals surface area contributed by atoms with Gasteiger partial charge in [-0.15, -0.1) is 0 Å². The minimum Gasteiger partial charge on any atom is -0.382 e. The van der Waals surface area contributed by atoms with Gasteiger partial charge in [0.05, 0.1) is 17.1 Å². The fourth-order valence-corrected chi connectivity index (χ4v) is 3.36. The van der Waals surface area contributed by atoms with Crippen LogP contribution in [-0.4, -0.2) is 9.97 Å². The minimum absolute atomic E-state index is 0.471. The molecule has 2 aromatic carbocycles. The van der Waals surface area contributed by atoms with E-state index in [0.29, 0.717) is 11.4 Å². The second kappa shape index (κ2) is 6.45. The summed E-state index contributed by atoms with van der Waals surface area (Å²) in [7, 11) is 0. The molecule has 0 bridgehead atoms. The normalized spacial score (nSPS) is 10.9. The SMILES string of the molecule is Cc1ccc2c(c1)nc(N)c1nccc(CCc3ccc(C#N)cc3)c12. The van der Waals surface area contributed by atoms with Crippen LogP contribution in [0.25, 0.3) is 21.8 Å². The third-order valence-electron chi connectivity index (χ3n) is 4.71. The summed E-state index contributed by atoms with van der Waals surface area (Å²) in [6.45, 7) is 2.05. The van der Waals surface area contributed by atoms with Crippen molar-refractivity contribution in [3.8, 4) is 6.07 Å². The number of pyridine rings is 2. The van der Waals surface area contributed by atoms with Gasteiger partial charge in [0.25, 0.3) is 0 Å². The average molecular weight is 338 g/mol. The van der Waals surface area contributed by atoms with Crippen molar-refractivity contribution in [3.05, 3.63) is 77.0 Å². The van der Waals surface area contributed by atoms with Gasteiger partial charge in [-0.05, 0) is 60.7 Å². The molecule has 2 aromatic heterocycles. The van der Waals surface area contributed by atoms with E-state index in [1.165, 1.54) is 11.1 Å². The van der Waals surface area contributed by atoms with E-state index in [4.69, 9.17) is 11.0 Å². The Morgan fingerprint density at radius 1 is 1.04 bits per heavy atom. The van der Waals surface area contributed by atoms with Gasteiger partial charge in [0.1, 0.15) is 5.52 Å². The van der Waals surface area contributed by atoms with Crippen LogP contribution in [0.5, 0.6) is 0 Å². The molecule has 4 nitrogen and oxygen atoms in total. The third kappa shape index (κ3) is 2.84. The maximum Gasteiger partial charge on any atom is 0.150 e. The van der Waals surface area contributed by atoms with E-state index in [1.807, 2.05) is 24.3 Å². The van der Waals surface area contributed by atoms with Gasteiger partial charge in [-0.3, -0.25) is 4.98 Å². The molecule has 2 heterocycles. The fraction of sp³-hybridized carbons (Fsp3) is 0.136. The number of hydrogen-bond donors (Lipinski definition) is 1. The third-order valence-corrected chi connectivity index (χ3v) is 4.71. The molecule has 0 aliphatic rings. The lowest BCUT2D eigenvalue weighted by Gasteiger charge is -2.11. The van der Waals surface area contributed by atoms with Crippen LogP contribution in [0.4, 0.5) is 5.82 Å². The predicted octanol–water partition coefficient (Wildman–Crippen LogP) is 4.33. The second-order valence-corrected chi connectivity index (χ2v) is 6.52. The maximum atomic E-state index is 8.93. The zero-order valence-corrected chi connectivity index (χ0v) is 14.5. The number of nitriles is 1. The van der Waals surface area contributed by atoms with Crippen LogP contribution in [0.1, 0.15) is 22.3 Å². The second-order valence-electron chi connectivity index (χ2n) is 6.52. The first-order chi connectivity index (χ1) is 12.7. The van der Waals surface area contributed by atoms with Crippen LogP contribution < -0.4 is 5.73 Å². The topological polar surface area (TPSA) is 75.6 Å². The fourth-order valence-electron chi connectivity index (χ4n) is 3.36. The van der Waals surface area contributed by atoms with Crippen LogP contribution in [0.15, 0.2) is 54.7 Å². The molecule has 0 spiro atoms. The Bertz CT molecular complexity index is 1150. The molecule has 126 valence electrons. The van der Waals surface area contributed by atoms with Gasteiger partial charge < -0.3 is 5.73 Å². The molecule has 26 heavy (non-hydrogen) atoms. The van der Waals surface area contributed by atoms with Gasteiger partial charge in [-0.25, -0.2) is 4.98 Å². The molecule has 0 saturated heterocycles. The van der Waals surface area contributed by atoms with E-state index in [1.54, 1.807) is 6.20 Å². The zero-order valence-electron chi connectivity index (χ0n) is 14.5. The van der Waals surface area contributed by atoms with Crippen LogP contribution in [-0.2, 0) is 12.8 Å². The smallest absolute Gasteiger partial charge is 0.150 e. The number of aromatic nitrogens is 2. The first-order valence-corrected chi connectivity index (χ1v) is 8.58. The Kier molecular flexibility index (Phi) is 3.98. The van der Waals surface area contributed by atoms with Gasteiger partial charge in [0.2, 0.25) is 0 Å². The van der Waals surface area contributed by atoms with E-state index in [2.05, 4.69) is 47.2 Å². The van der Waals surface area contributed by atoms with Gasteiger partial charge in [-0.1, -0.05) is 24.3 Å². The summed E-state index contributed by atoms with van der Waals surface area (Å²) in [4.78, 5) is 9.00. The molecule has 0 saturated carbocycles. The summed E-state index contributed by atoms with van der Waals surface area (Å²) >= 11 is 0. The lowest BCUT2D eigenvalue weighted by Crippen LogP contribution is -2.00. The molecule has 0 aliphatic carbocycles. The van der Waals surface area contributed by atoms with Crippen LogP contribution in [0.2, 0.25) is 0 Å². The van der Waals surface area contributed by atoms with Crippen molar-refractivity contribution in [1.82, 2.24) is 9.97 Å². The highest BCUT2D eigenvalue weighted by atomic mass is 14.9. The Labute approximate surface area is 151 Å². The number of nitrogens with two attached hydrogens (primary N) is 1. The Morgan fingerprint density at radius 3 is 2.62 bits per heavy atom. The highest BCUT2D eigenvalue weighted by Gasteiger charge is 2.11. The molecule has 0 unspecified atom stereocenters. The summed E-state index contributed by atoms with van der Waals surface area (Å²) in [6.07, 6.45) is 3.56. The number of anilines is 1. The lowest BCUT2D eigenvalue weighted by molar-refractivity contribution is 0.967. The summed E-state index contributed by atoms with van der Waals surface area (Å²) in [5, 5.41) is 11.1. The number of nitrogens with zero attached hydrogens (tertiary/aromatic N) is 3. The number of benzene rings is 2. The molecule has 4 heteroatoms. The molecule has 0 fully saturated rings. The van der Waals surface area contributed by atoms with Gasteiger partial charge in [-0.2, -0.15) is 5.26 Å². The molecule has 2 N–H and O–H groups in total. The molecule has 0 aliphatic heterocycles. The number of nitrogen functional groups attached to an aromatic ring is 1. The Morgan fingerprint density at radius 2 is 1.85 bits per heavy atom. The Balaban J connectivity index is 1.79. The van der Waals surface area contributed by atoms with E-state index in [9.17, 15) is 0 Å². The maximum absolute atomic E-state index is 8.93. The molecule has 0 atom stereocenters. The van der Waals surface area contributed by atoms with Crippen molar-refractivity contribution in [2.24, 2.45) is 0 Å². The first kappa shape index (κ1) is 16.0. The van der Waals surface area contributed by atoms with Crippen molar-refractivity contribution >= 4 is 27.6 Å². The lowest BCUT2D eigenvalue weighted by atomic mass is 9.98. The number of aryl methyl sites for hydroxylation is 3. The highest BCUT2D eigenvalue weighted by Crippen LogP contribution is 2.30. The van der Waals surface area contributed by atoms with Gasteiger partial charge in [0.15, 0.2) is 5.82 Å². The number of fused-ring (bicyclic) bond motifs is 3. The summed E-state index contributed by atoms with van der Waals surface area (Å²) < 4.78 is 0. The molecule has 4 aromatic rings. The van der Waals surface area contributed by atoms with Crippen molar-refractivity contribution in [3.63, 3.8) is 0 Å².